The maximum atomic E-state index is 10.8. The second kappa shape index (κ2) is 3.16. The third-order valence-corrected chi connectivity index (χ3v) is 1.15. The molecule has 0 bridgehead atoms. The minimum atomic E-state index is -0.485. The largest absolute Gasteiger partial charge is 0.323 e. The highest BCUT2D eigenvalue weighted by molar-refractivity contribution is 6.29. The van der Waals surface area contributed by atoms with Crippen molar-refractivity contribution in [2.75, 3.05) is 5.32 Å². The van der Waals surface area contributed by atoms with Crippen molar-refractivity contribution in [3.63, 3.8) is 0 Å². The molecule has 1 rings (SSSR count). The van der Waals surface area contributed by atoms with Gasteiger partial charge in [0.15, 0.2) is 5.82 Å². The molecule has 1 heterocycles. The fourth-order valence-electron chi connectivity index (χ4n) is 0.537. The number of aromatic amines is 1. The molecule has 0 aliphatic heterocycles. The van der Waals surface area contributed by atoms with Crippen molar-refractivity contribution in [1.29, 1.82) is 0 Å². The zero-order valence-electron chi connectivity index (χ0n) is 5.30. The van der Waals surface area contributed by atoms with Crippen LogP contribution >= 0.6 is 11.6 Å². The minimum absolute atomic E-state index is 0.104. The predicted molar refractivity (Wildman–Crippen MR) is 39.6 cm³/mol. The van der Waals surface area contributed by atoms with E-state index in [0.29, 0.717) is 6.41 Å². The number of hydrogen-bond acceptors (Lipinski definition) is 3. The molecule has 0 saturated heterocycles. The van der Waals surface area contributed by atoms with E-state index in [-0.39, 0.29) is 11.0 Å². The molecule has 1 aromatic rings. The van der Waals surface area contributed by atoms with E-state index < -0.39 is 5.56 Å². The van der Waals surface area contributed by atoms with E-state index in [4.69, 9.17) is 11.6 Å². The van der Waals surface area contributed by atoms with E-state index in [1.807, 2.05) is 0 Å². The van der Waals surface area contributed by atoms with Crippen LogP contribution < -0.4 is 10.9 Å². The molecule has 0 atom stereocenters. The number of aromatic nitrogens is 2. The van der Waals surface area contributed by atoms with Crippen molar-refractivity contribution < 1.29 is 4.79 Å². The Labute approximate surface area is 66.4 Å². The van der Waals surface area contributed by atoms with Crippen LogP contribution in [0.1, 0.15) is 0 Å². The Morgan fingerprint density at radius 2 is 2.45 bits per heavy atom. The molecule has 1 aromatic heterocycles. The van der Waals surface area contributed by atoms with Gasteiger partial charge in [-0.2, -0.15) is 0 Å². The highest BCUT2D eigenvalue weighted by Crippen LogP contribution is 2.00. The number of carbonyl (C=O) groups is 1. The van der Waals surface area contributed by atoms with E-state index in [0.717, 1.165) is 0 Å². The molecule has 0 radical (unpaired) electrons. The first kappa shape index (κ1) is 7.74. The summed E-state index contributed by atoms with van der Waals surface area (Å²) < 4.78 is 0. The lowest BCUT2D eigenvalue weighted by atomic mass is 10.6. The van der Waals surface area contributed by atoms with Gasteiger partial charge in [-0.15, -0.1) is 0 Å². The Morgan fingerprint density at radius 1 is 1.73 bits per heavy atom. The molecule has 0 aromatic carbocycles. The number of halogens is 1. The number of amides is 1. The smallest absolute Gasteiger partial charge is 0.291 e. The number of nitrogens with one attached hydrogen (secondary N) is 2. The number of rotatable bonds is 2. The summed E-state index contributed by atoms with van der Waals surface area (Å²) in [5.41, 5.74) is -0.485. The van der Waals surface area contributed by atoms with Gasteiger partial charge < -0.3 is 10.3 Å². The Kier molecular flexibility index (Phi) is 2.22. The van der Waals surface area contributed by atoms with Gasteiger partial charge in [-0.25, -0.2) is 4.98 Å². The highest BCUT2D eigenvalue weighted by Gasteiger charge is 1.98. The third-order valence-electron chi connectivity index (χ3n) is 0.952. The van der Waals surface area contributed by atoms with Gasteiger partial charge in [-0.3, -0.25) is 9.59 Å². The van der Waals surface area contributed by atoms with Crippen LogP contribution in [0, 0.1) is 0 Å². The van der Waals surface area contributed by atoms with Crippen molar-refractivity contribution in [3.05, 3.63) is 21.7 Å². The monoisotopic (exact) mass is 173 g/mol. The molecule has 11 heavy (non-hydrogen) atoms. The molecule has 0 saturated carbocycles. The molecule has 2 N–H and O–H groups in total. The number of carbonyl (C=O) groups excluding carboxylic acids is 1. The maximum Gasteiger partial charge on any atom is 0.291 e. The lowest BCUT2D eigenvalue weighted by Gasteiger charge is -1.94. The summed E-state index contributed by atoms with van der Waals surface area (Å²) in [6.45, 7) is 0. The van der Waals surface area contributed by atoms with Crippen molar-refractivity contribution >= 4 is 23.8 Å². The summed E-state index contributed by atoms with van der Waals surface area (Å²) >= 11 is 5.42. The SMILES string of the molecule is O=CNc1nc(Cl)c[nH]c1=O. The highest BCUT2D eigenvalue weighted by atomic mass is 35.5. The van der Waals surface area contributed by atoms with Crippen LogP contribution in [-0.4, -0.2) is 16.4 Å². The van der Waals surface area contributed by atoms with E-state index >= 15 is 0 Å². The summed E-state index contributed by atoms with van der Waals surface area (Å²) in [6.07, 6.45) is 1.59. The Bertz CT molecular complexity index is 322. The number of H-pyrrole nitrogens is 1. The van der Waals surface area contributed by atoms with Crippen LogP contribution in [0.5, 0.6) is 0 Å². The average molecular weight is 174 g/mol. The van der Waals surface area contributed by atoms with Crippen LogP contribution in [0.2, 0.25) is 5.15 Å². The van der Waals surface area contributed by atoms with Gasteiger partial charge in [-0.1, -0.05) is 11.6 Å². The number of nitrogens with zero attached hydrogens (tertiary/aromatic N) is 1. The van der Waals surface area contributed by atoms with Gasteiger partial charge in [0.05, 0.1) is 0 Å². The molecule has 58 valence electrons. The third kappa shape index (κ3) is 1.78. The van der Waals surface area contributed by atoms with Crippen molar-refractivity contribution in [3.8, 4) is 0 Å². The molecular formula is C5H4ClN3O2. The molecule has 6 heteroatoms. The van der Waals surface area contributed by atoms with Crippen LogP contribution in [0.3, 0.4) is 0 Å². The van der Waals surface area contributed by atoms with Gasteiger partial charge in [0.25, 0.3) is 5.56 Å². The van der Waals surface area contributed by atoms with E-state index in [1.54, 1.807) is 0 Å². The van der Waals surface area contributed by atoms with Crippen LogP contribution in [0.15, 0.2) is 11.0 Å². The van der Waals surface area contributed by atoms with Crippen LogP contribution in [-0.2, 0) is 4.79 Å². The molecule has 0 fully saturated rings. The second-order valence-corrected chi connectivity index (χ2v) is 2.05. The first-order valence-electron chi connectivity index (χ1n) is 2.69. The molecule has 0 aliphatic rings. The Balaban J connectivity index is 3.12. The van der Waals surface area contributed by atoms with Gasteiger partial charge in [-0.05, 0) is 0 Å². The van der Waals surface area contributed by atoms with Gasteiger partial charge >= 0.3 is 0 Å². The van der Waals surface area contributed by atoms with Crippen molar-refractivity contribution in [1.82, 2.24) is 9.97 Å². The van der Waals surface area contributed by atoms with Crippen LogP contribution in [0.4, 0.5) is 5.82 Å². The zero-order chi connectivity index (χ0) is 8.27. The summed E-state index contributed by atoms with van der Waals surface area (Å²) in [6, 6.07) is 0. The molecule has 0 spiro atoms. The van der Waals surface area contributed by atoms with Crippen molar-refractivity contribution in [2.24, 2.45) is 0 Å². The summed E-state index contributed by atoms with van der Waals surface area (Å²) in [7, 11) is 0. The summed E-state index contributed by atoms with van der Waals surface area (Å²) in [5, 5.41) is 2.22. The molecule has 0 unspecified atom stereocenters. The number of hydrogen-bond donors (Lipinski definition) is 2. The summed E-state index contributed by atoms with van der Waals surface area (Å²) in [5.74, 6) is -0.104. The summed E-state index contributed by atoms with van der Waals surface area (Å²) in [4.78, 5) is 26.5. The Morgan fingerprint density at radius 3 is 3.09 bits per heavy atom. The first-order valence-corrected chi connectivity index (χ1v) is 3.07. The molecule has 0 aliphatic carbocycles. The lowest BCUT2D eigenvalue weighted by Crippen LogP contribution is -2.14. The molecule has 5 nitrogen and oxygen atoms in total. The van der Waals surface area contributed by atoms with E-state index in [1.165, 1.54) is 6.20 Å². The minimum Gasteiger partial charge on any atom is -0.323 e. The fraction of sp³-hybridized carbons (Fsp3) is 0. The first-order chi connectivity index (χ1) is 5.24. The van der Waals surface area contributed by atoms with Gasteiger partial charge in [0, 0.05) is 6.20 Å². The predicted octanol–water partition coefficient (Wildman–Crippen LogP) is -0.00840. The Hall–Kier alpha value is -1.36. The molecule has 1 amide bonds. The topological polar surface area (TPSA) is 74.8 Å². The average Bonchev–Trinajstić information content (AvgIpc) is 1.98. The quantitative estimate of drug-likeness (QED) is 0.618. The zero-order valence-corrected chi connectivity index (χ0v) is 6.05. The normalized spacial score (nSPS) is 9.18. The van der Waals surface area contributed by atoms with Crippen molar-refractivity contribution in [2.45, 2.75) is 0 Å². The van der Waals surface area contributed by atoms with Gasteiger partial charge in [0.1, 0.15) is 5.15 Å². The van der Waals surface area contributed by atoms with Crippen LogP contribution in [0.25, 0.3) is 0 Å². The standard InChI is InChI=1S/C5H4ClN3O2/c6-3-1-7-5(11)4(9-3)8-2-10/h1-2H,(H,7,11)(H,8,9,10). The maximum absolute atomic E-state index is 10.8. The molecular weight excluding hydrogens is 170 g/mol. The lowest BCUT2D eigenvalue weighted by molar-refractivity contribution is -0.105. The number of anilines is 1. The fourth-order valence-corrected chi connectivity index (χ4v) is 0.676. The van der Waals surface area contributed by atoms with E-state index in [9.17, 15) is 9.59 Å². The van der Waals surface area contributed by atoms with E-state index in [2.05, 4.69) is 15.3 Å². The van der Waals surface area contributed by atoms with Gasteiger partial charge in [0.2, 0.25) is 6.41 Å². The second-order valence-electron chi connectivity index (χ2n) is 1.66.